The average molecular weight is 346 g/mol. The van der Waals surface area contributed by atoms with Gasteiger partial charge < -0.3 is 15.0 Å². The normalized spacial score (nSPS) is 16.4. The summed E-state index contributed by atoms with van der Waals surface area (Å²) in [6, 6.07) is 2.45. The molecule has 1 atom stereocenters. The highest BCUT2D eigenvalue weighted by molar-refractivity contribution is 5.50. The zero-order valence-corrected chi connectivity index (χ0v) is 16.0. The second-order valence-electron chi connectivity index (χ2n) is 7.00. The monoisotopic (exact) mass is 346 g/mol. The van der Waals surface area contributed by atoms with Gasteiger partial charge in [-0.15, -0.1) is 0 Å². The molecule has 0 aromatic carbocycles. The fourth-order valence-corrected chi connectivity index (χ4v) is 3.53. The van der Waals surface area contributed by atoms with Gasteiger partial charge >= 0.3 is 0 Å². The summed E-state index contributed by atoms with van der Waals surface area (Å²) >= 11 is 0. The number of nitrogens with zero attached hydrogens (tertiary/aromatic N) is 5. The third kappa shape index (κ3) is 4.04. The molecule has 0 amide bonds. The molecule has 0 radical (unpaired) electrons. The quantitative estimate of drug-likeness (QED) is 0.860. The van der Waals surface area contributed by atoms with Crippen molar-refractivity contribution in [3.05, 3.63) is 28.7 Å². The lowest BCUT2D eigenvalue weighted by Crippen LogP contribution is -2.38. The summed E-state index contributed by atoms with van der Waals surface area (Å²) in [6.45, 7) is 13.5. The van der Waals surface area contributed by atoms with Crippen LogP contribution in [0.3, 0.4) is 0 Å². The zero-order chi connectivity index (χ0) is 18.0. The molecule has 25 heavy (non-hydrogen) atoms. The third-order valence-electron chi connectivity index (χ3n) is 4.80. The highest BCUT2D eigenvalue weighted by Gasteiger charge is 2.21. The Morgan fingerprint density at radius 3 is 2.56 bits per heavy atom. The zero-order valence-electron chi connectivity index (χ0n) is 16.0. The Morgan fingerprint density at radius 2 is 1.92 bits per heavy atom. The number of hydrogen-bond donors (Lipinski definition) is 1. The first-order chi connectivity index (χ1) is 12.0. The van der Waals surface area contributed by atoms with Gasteiger partial charge in [0.1, 0.15) is 5.82 Å². The van der Waals surface area contributed by atoms with Crippen LogP contribution in [0.4, 0.5) is 5.82 Å². The lowest BCUT2D eigenvalue weighted by atomic mass is 10.2. The van der Waals surface area contributed by atoms with Gasteiger partial charge in [-0.25, -0.2) is 0 Å². The minimum atomic E-state index is 0.329. The van der Waals surface area contributed by atoms with Crippen molar-refractivity contribution in [2.24, 2.45) is 7.05 Å². The van der Waals surface area contributed by atoms with E-state index in [0.717, 1.165) is 50.8 Å². The van der Waals surface area contributed by atoms with Crippen LogP contribution in [-0.4, -0.2) is 51.9 Å². The Hall–Kier alpha value is -1.86. The van der Waals surface area contributed by atoms with Gasteiger partial charge in [-0.3, -0.25) is 9.36 Å². The fourth-order valence-electron chi connectivity index (χ4n) is 3.53. The SMILES string of the molecule is Cc1cc(C)n(CC(C)NCc2c(C)nn(C)c2N2CCOCC2)n1. The van der Waals surface area contributed by atoms with E-state index >= 15 is 0 Å². The first-order valence-corrected chi connectivity index (χ1v) is 9.05. The molecule has 1 aliphatic rings. The Bertz CT molecular complexity index is 713. The molecule has 1 fully saturated rings. The van der Waals surface area contributed by atoms with Crippen LogP contribution in [0.25, 0.3) is 0 Å². The van der Waals surface area contributed by atoms with E-state index in [4.69, 9.17) is 4.74 Å². The fraction of sp³-hybridized carbons (Fsp3) is 0.667. The van der Waals surface area contributed by atoms with Crippen molar-refractivity contribution in [1.29, 1.82) is 0 Å². The van der Waals surface area contributed by atoms with E-state index < -0.39 is 0 Å². The molecule has 1 unspecified atom stereocenters. The van der Waals surface area contributed by atoms with Crippen LogP contribution in [0.2, 0.25) is 0 Å². The summed E-state index contributed by atoms with van der Waals surface area (Å²) in [6.07, 6.45) is 0. The minimum absolute atomic E-state index is 0.329. The maximum Gasteiger partial charge on any atom is 0.131 e. The van der Waals surface area contributed by atoms with Gasteiger partial charge in [0.2, 0.25) is 0 Å². The smallest absolute Gasteiger partial charge is 0.131 e. The number of ether oxygens (including phenoxy) is 1. The Balaban J connectivity index is 1.67. The van der Waals surface area contributed by atoms with Crippen molar-refractivity contribution in [2.75, 3.05) is 31.2 Å². The molecule has 0 bridgehead atoms. The Morgan fingerprint density at radius 1 is 1.20 bits per heavy atom. The molecule has 0 saturated carbocycles. The number of nitrogens with one attached hydrogen (secondary N) is 1. The maximum absolute atomic E-state index is 5.49. The molecule has 1 saturated heterocycles. The number of aromatic nitrogens is 4. The predicted molar refractivity (Wildman–Crippen MR) is 99.0 cm³/mol. The van der Waals surface area contributed by atoms with Gasteiger partial charge in [0.15, 0.2) is 0 Å². The van der Waals surface area contributed by atoms with Gasteiger partial charge in [-0.1, -0.05) is 0 Å². The summed E-state index contributed by atoms with van der Waals surface area (Å²) in [7, 11) is 2.03. The van der Waals surface area contributed by atoms with Crippen LogP contribution in [0.15, 0.2) is 6.07 Å². The summed E-state index contributed by atoms with van der Waals surface area (Å²) < 4.78 is 9.57. The molecule has 0 spiro atoms. The summed E-state index contributed by atoms with van der Waals surface area (Å²) in [5.74, 6) is 1.21. The van der Waals surface area contributed by atoms with Crippen molar-refractivity contribution in [2.45, 2.75) is 46.8 Å². The van der Waals surface area contributed by atoms with E-state index in [1.807, 2.05) is 18.7 Å². The van der Waals surface area contributed by atoms with Crippen molar-refractivity contribution < 1.29 is 4.74 Å². The number of rotatable bonds is 6. The molecule has 138 valence electrons. The van der Waals surface area contributed by atoms with Crippen LogP contribution in [0, 0.1) is 20.8 Å². The lowest BCUT2D eigenvalue weighted by Gasteiger charge is -2.30. The van der Waals surface area contributed by atoms with Crippen molar-refractivity contribution in [1.82, 2.24) is 24.9 Å². The van der Waals surface area contributed by atoms with E-state index in [9.17, 15) is 0 Å². The van der Waals surface area contributed by atoms with E-state index in [2.05, 4.69) is 51.9 Å². The van der Waals surface area contributed by atoms with Gasteiger partial charge in [0.25, 0.3) is 0 Å². The van der Waals surface area contributed by atoms with Crippen LogP contribution in [-0.2, 0) is 24.9 Å². The average Bonchev–Trinajstić information content (AvgIpc) is 3.03. The van der Waals surface area contributed by atoms with Crippen LogP contribution in [0.5, 0.6) is 0 Å². The second kappa shape index (κ2) is 7.58. The number of anilines is 1. The number of hydrogen-bond acceptors (Lipinski definition) is 5. The molecule has 3 rings (SSSR count). The Labute approximate surface area is 149 Å². The van der Waals surface area contributed by atoms with Crippen molar-refractivity contribution in [3.8, 4) is 0 Å². The third-order valence-corrected chi connectivity index (χ3v) is 4.80. The Kier molecular flexibility index (Phi) is 5.44. The van der Waals surface area contributed by atoms with E-state index in [-0.39, 0.29) is 0 Å². The molecule has 1 N–H and O–H groups in total. The van der Waals surface area contributed by atoms with E-state index in [0.29, 0.717) is 6.04 Å². The first-order valence-electron chi connectivity index (χ1n) is 9.05. The molecule has 7 heteroatoms. The summed E-state index contributed by atoms with van der Waals surface area (Å²) in [4.78, 5) is 2.38. The van der Waals surface area contributed by atoms with Crippen molar-refractivity contribution in [3.63, 3.8) is 0 Å². The van der Waals surface area contributed by atoms with Gasteiger partial charge in [-0.05, 0) is 33.8 Å². The first kappa shape index (κ1) is 17.9. The van der Waals surface area contributed by atoms with Crippen LogP contribution in [0.1, 0.15) is 29.6 Å². The highest BCUT2D eigenvalue weighted by Crippen LogP contribution is 2.24. The minimum Gasteiger partial charge on any atom is -0.378 e. The molecule has 7 nitrogen and oxygen atoms in total. The summed E-state index contributed by atoms with van der Waals surface area (Å²) in [5, 5.41) is 12.8. The molecule has 2 aromatic rings. The second-order valence-corrected chi connectivity index (χ2v) is 7.00. The summed E-state index contributed by atoms with van der Waals surface area (Å²) in [5.41, 5.74) is 4.65. The molecular weight excluding hydrogens is 316 g/mol. The van der Waals surface area contributed by atoms with Crippen molar-refractivity contribution >= 4 is 5.82 Å². The highest BCUT2D eigenvalue weighted by atomic mass is 16.5. The number of aryl methyl sites for hydroxylation is 4. The molecular formula is C18H30N6O. The molecule has 0 aliphatic carbocycles. The molecule has 2 aromatic heterocycles. The van der Waals surface area contributed by atoms with Gasteiger partial charge in [-0.2, -0.15) is 10.2 Å². The maximum atomic E-state index is 5.49. The molecule has 3 heterocycles. The van der Waals surface area contributed by atoms with Gasteiger partial charge in [0.05, 0.1) is 31.1 Å². The topological polar surface area (TPSA) is 60.1 Å². The van der Waals surface area contributed by atoms with Gasteiger partial charge in [0, 0.05) is 44.0 Å². The molecule has 1 aliphatic heterocycles. The van der Waals surface area contributed by atoms with E-state index in [1.165, 1.54) is 17.1 Å². The van der Waals surface area contributed by atoms with Crippen LogP contribution < -0.4 is 10.2 Å². The standard InChI is InChI=1S/C18H30N6O/c1-13-10-15(3)24(20-13)12-14(2)19-11-17-16(4)21-22(5)18(17)23-6-8-25-9-7-23/h10,14,19H,6-9,11-12H2,1-5H3. The number of morpholine rings is 1. The van der Waals surface area contributed by atoms with Crippen LogP contribution >= 0.6 is 0 Å². The van der Waals surface area contributed by atoms with E-state index in [1.54, 1.807) is 0 Å². The predicted octanol–water partition coefficient (Wildman–Crippen LogP) is 1.56. The largest absolute Gasteiger partial charge is 0.378 e. The lowest BCUT2D eigenvalue weighted by molar-refractivity contribution is 0.122.